The van der Waals surface area contributed by atoms with Crippen LogP contribution in [0.2, 0.25) is 0 Å². The van der Waals surface area contributed by atoms with Crippen molar-refractivity contribution in [3.63, 3.8) is 0 Å². The molecule has 1 fully saturated rings. The fourth-order valence-corrected chi connectivity index (χ4v) is 1.87. The Hall–Kier alpha value is -1.41. The van der Waals surface area contributed by atoms with Crippen LogP contribution in [-0.2, 0) is 0 Å². The lowest BCUT2D eigenvalue weighted by atomic mass is 10.2. The number of nitrogens with one attached hydrogen (secondary N) is 1. The van der Waals surface area contributed by atoms with E-state index in [4.69, 9.17) is 0 Å². The van der Waals surface area contributed by atoms with E-state index in [1.165, 1.54) is 24.8 Å². The second kappa shape index (κ2) is 5.61. The number of benzene rings is 1. The first-order valence-electron chi connectivity index (χ1n) is 5.89. The summed E-state index contributed by atoms with van der Waals surface area (Å²) in [5.41, 5.74) is 1.06. The molecule has 2 nitrogen and oxygen atoms in total. The lowest BCUT2D eigenvalue weighted by Crippen LogP contribution is -2.16. The van der Waals surface area contributed by atoms with Gasteiger partial charge in [0.15, 0.2) is 0 Å². The van der Waals surface area contributed by atoms with Gasteiger partial charge in [-0.15, -0.1) is 0 Å². The van der Waals surface area contributed by atoms with Gasteiger partial charge < -0.3 is 5.32 Å². The highest BCUT2D eigenvalue weighted by atomic mass is 14.9. The van der Waals surface area contributed by atoms with Crippen LogP contribution in [0.3, 0.4) is 0 Å². The minimum atomic E-state index is 0.796. The zero-order valence-electron chi connectivity index (χ0n) is 9.69. The lowest BCUT2D eigenvalue weighted by molar-refractivity contribution is 0.664. The van der Waals surface area contributed by atoms with Gasteiger partial charge in [0, 0.05) is 17.6 Å². The molecule has 84 valence electrons. The van der Waals surface area contributed by atoms with Gasteiger partial charge in [-0.2, -0.15) is 0 Å². The third-order valence-corrected chi connectivity index (χ3v) is 2.82. The maximum Gasteiger partial charge on any atom is 0.0701 e. The maximum absolute atomic E-state index is 4.18. The molecule has 0 radical (unpaired) electrons. The molecule has 0 bridgehead atoms. The van der Waals surface area contributed by atoms with E-state index in [-0.39, 0.29) is 0 Å². The van der Waals surface area contributed by atoms with Crippen LogP contribution in [0.5, 0.6) is 0 Å². The normalized spacial score (nSPS) is 19.2. The second-order valence-electron chi connectivity index (χ2n) is 4.19. The number of nitrogens with zero attached hydrogens (tertiary/aromatic N) is 1. The summed E-state index contributed by atoms with van der Waals surface area (Å²) < 4.78 is 0. The Labute approximate surface area is 96.7 Å². The first-order valence-corrected chi connectivity index (χ1v) is 5.89. The van der Waals surface area contributed by atoms with E-state index in [9.17, 15) is 0 Å². The Morgan fingerprint density at radius 2 is 2.00 bits per heavy atom. The van der Waals surface area contributed by atoms with Crippen molar-refractivity contribution in [2.24, 2.45) is 0 Å². The summed E-state index contributed by atoms with van der Waals surface area (Å²) in [6.45, 7) is 3.47. The molecule has 0 amide bonds. The van der Waals surface area contributed by atoms with Gasteiger partial charge in [0.1, 0.15) is 0 Å². The summed E-state index contributed by atoms with van der Waals surface area (Å²) in [7, 11) is 0. The highest BCUT2D eigenvalue weighted by molar-refractivity contribution is 5.77. The van der Waals surface area contributed by atoms with Gasteiger partial charge in [0.2, 0.25) is 0 Å². The van der Waals surface area contributed by atoms with Gasteiger partial charge in [-0.25, -0.2) is 0 Å². The highest BCUT2D eigenvalue weighted by Crippen LogP contribution is 2.07. The van der Waals surface area contributed by atoms with E-state index in [0.717, 1.165) is 11.6 Å². The molecule has 1 unspecified atom stereocenters. The molecule has 1 N–H and O–H groups in total. The fraction of sp³-hybridized carbons (Fsp3) is 0.357. The third kappa shape index (κ3) is 3.04. The molecule has 2 aromatic rings. The summed E-state index contributed by atoms with van der Waals surface area (Å²) in [6, 6.07) is 12.9. The summed E-state index contributed by atoms with van der Waals surface area (Å²) in [6.07, 6.45) is 4.56. The largest absolute Gasteiger partial charge is 0.314 e. The van der Waals surface area contributed by atoms with Crippen LogP contribution in [-0.4, -0.2) is 17.6 Å². The molecule has 1 saturated heterocycles. The van der Waals surface area contributed by atoms with Crippen molar-refractivity contribution in [2.45, 2.75) is 25.8 Å². The number of hydrogen-bond acceptors (Lipinski definition) is 2. The van der Waals surface area contributed by atoms with Crippen molar-refractivity contribution in [3.8, 4) is 0 Å². The van der Waals surface area contributed by atoms with E-state index >= 15 is 0 Å². The van der Waals surface area contributed by atoms with Crippen LogP contribution >= 0.6 is 0 Å². The Balaban J connectivity index is 0.000000138. The average molecular weight is 214 g/mol. The zero-order valence-corrected chi connectivity index (χ0v) is 9.69. The molecule has 2 heteroatoms. The van der Waals surface area contributed by atoms with Gasteiger partial charge in [-0.1, -0.05) is 24.3 Å². The van der Waals surface area contributed by atoms with Crippen LogP contribution in [0.4, 0.5) is 0 Å². The van der Waals surface area contributed by atoms with Gasteiger partial charge in [0.25, 0.3) is 0 Å². The SMILES string of the molecule is CC1CCCN1.c1ccc2ncccc2c1. The molecule has 0 saturated carbocycles. The predicted molar refractivity (Wildman–Crippen MR) is 68.4 cm³/mol. The molecule has 0 aliphatic carbocycles. The number of aromatic nitrogens is 1. The van der Waals surface area contributed by atoms with E-state index in [1.807, 2.05) is 30.5 Å². The minimum absolute atomic E-state index is 0.796. The van der Waals surface area contributed by atoms with Crippen molar-refractivity contribution in [3.05, 3.63) is 42.6 Å². The Kier molecular flexibility index (Phi) is 3.89. The van der Waals surface area contributed by atoms with Crippen molar-refractivity contribution in [1.29, 1.82) is 0 Å². The van der Waals surface area contributed by atoms with E-state index in [1.54, 1.807) is 0 Å². The second-order valence-corrected chi connectivity index (χ2v) is 4.19. The average Bonchev–Trinajstić information content (AvgIpc) is 2.81. The first kappa shape index (κ1) is 11.1. The molecule has 1 aromatic carbocycles. The van der Waals surface area contributed by atoms with Crippen molar-refractivity contribution in [1.82, 2.24) is 10.3 Å². The van der Waals surface area contributed by atoms with E-state index < -0.39 is 0 Å². The van der Waals surface area contributed by atoms with E-state index in [2.05, 4.69) is 29.4 Å². The fourth-order valence-electron chi connectivity index (χ4n) is 1.87. The number of para-hydroxylation sites is 1. The van der Waals surface area contributed by atoms with Gasteiger partial charge >= 0.3 is 0 Å². The topological polar surface area (TPSA) is 24.9 Å². The van der Waals surface area contributed by atoms with Crippen LogP contribution in [0.25, 0.3) is 10.9 Å². The summed E-state index contributed by atoms with van der Waals surface area (Å²) in [5, 5.41) is 4.52. The lowest BCUT2D eigenvalue weighted by Gasteiger charge is -1.95. The first-order chi connectivity index (χ1) is 7.86. The molecule has 0 spiro atoms. The van der Waals surface area contributed by atoms with Crippen molar-refractivity contribution >= 4 is 10.9 Å². The third-order valence-electron chi connectivity index (χ3n) is 2.82. The number of hydrogen-bond donors (Lipinski definition) is 1. The molecule has 1 atom stereocenters. The molecule has 1 aliphatic heterocycles. The Bertz CT molecular complexity index is 368. The zero-order chi connectivity index (χ0) is 11.2. The Morgan fingerprint density at radius 3 is 2.62 bits per heavy atom. The van der Waals surface area contributed by atoms with Crippen molar-refractivity contribution < 1.29 is 0 Å². The summed E-state index contributed by atoms with van der Waals surface area (Å²) in [5.74, 6) is 0. The predicted octanol–water partition coefficient (Wildman–Crippen LogP) is 2.99. The minimum Gasteiger partial charge on any atom is -0.314 e. The summed E-state index contributed by atoms with van der Waals surface area (Å²) in [4.78, 5) is 4.18. The molecule has 16 heavy (non-hydrogen) atoms. The Morgan fingerprint density at radius 1 is 1.19 bits per heavy atom. The van der Waals surface area contributed by atoms with Gasteiger partial charge in [-0.05, 0) is 38.4 Å². The quantitative estimate of drug-likeness (QED) is 0.729. The van der Waals surface area contributed by atoms with Crippen LogP contribution in [0.1, 0.15) is 19.8 Å². The molecule has 3 rings (SSSR count). The molecule has 2 heterocycles. The molecular formula is C14H18N2. The van der Waals surface area contributed by atoms with Crippen molar-refractivity contribution in [2.75, 3.05) is 6.54 Å². The molecule has 1 aromatic heterocycles. The van der Waals surface area contributed by atoms with E-state index in [0.29, 0.717) is 0 Å². The number of rotatable bonds is 0. The monoisotopic (exact) mass is 214 g/mol. The molecule has 1 aliphatic rings. The highest BCUT2D eigenvalue weighted by Gasteiger charge is 2.05. The summed E-state index contributed by atoms with van der Waals surface area (Å²) >= 11 is 0. The number of pyridine rings is 1. The standard InChI is InChI=1S/C9H7N.C5H11N/c1-2-6-9-8(4-1)5-3-7-10-9;1-5-3-2-4-6-5/h1-7H;5-6H,2-4H2,1H3. The smallest absolute Gasteiger partial charge is 0.0701 e. The van der Waals surface area contributed by atoms with Crippen LogP contribution < -0.4 is 5.32 Å². The van der Waals surface area contributed by atoms with Gasteiger partial charge in [-0.3, -0.25) is 4.98 Å². The van der Waals surface area contributed by atoms with Crippen LogP contribution in [0, 0.1) is 0 Å². The van der Waals surface area contributed by atoms with Crippen LogP contribution in [0.15, 0.2) is 42.6 Å². The maximum atomic E-state index is 4.18. The molecular weight excluding hydrogens is 196 g/mol. The number of fused-ring (bicyclic) bond motifs is 1. The van der Waals surface area contributed by atoms with Gasteiger partial charge in [0.05, 0.1) is 5.52 Å².